The summed E-state index contributed by atoms with van der Waals surface area (Å²) in [6, 6.07) is 12.3. The number of aromatic carboxylic acids is 1. The van der Waals surface area contributed by atoms with Crippen LogP contribution in [0.25, 0.3) is 0 Å². The molecule has 1 aliphatic rings. The first-order valence-corrected chi connectivity index (χ1v) is 8.79. The number of piperidine rings is 1. The molecule has 0 spiro atoms. The number of nitrogens with two attached hydrogens (primary N) is 1. The van der Waals surface area contributed by atoms with E-state index in [0.29, 0.717) is 12.1 Å². The van der Waals surface area contributed by atoms with Crippen molar-refractivity contribution in [3.05, 3.63) is 59.2 Å². The fraction of sp³-hybridized carbons (Fsp3) is 0.300. The van der Waals surface area contributed by atoms with Gasteiger partial charge in [-0.05, 0) is 55.2 Å². The van der Waals surface area contributed by atoms with E-state index in [2.05, 4.69) is 10.2 Å². The van der Waals surface area contributed by atoms with Gasteiger partial charge < -0.3 is 21.1 Å². The van der Waals surface area contributed by atoms with E-state index in [1.807, 2.05) is 12.1 Å². The summed E-state index contributed by atoms with van der Waals surface area (Å²) in [6.45, 7) is 2.43. The number of anilines is 2. The van der Waals surface area contributed by atoms with Gasteiger partial charge in [-0.1, -0.05) is 12.1 Å². The number of nitrogens with one attached hydrogen (secondary N) is 1. The summed E-state index contributed by atoms with van der Waals surface area (Å²) in [4.78, 5) is 24.9. The quantitative estimate of drug-likeness (QED) is 0.742. The van der Waals surface area contributed by atoms with Crippen molar-refractivity contribution in [1.82, 2.24) is 0 Å². The fourth-order valence-electron chi connectivity index (χ4n) is 3.22. The maximum absolute atomic E-state index is 11.8. The van der Waals surface area contributed by atoms with E-state index >= 15 is 0 Å². The third-order valence-corrected chi connectivity index (χ3v) is 4.66. The van der Waals surface area contributed by atoms with Gasteiger partial charge in [-0.3, -0.25) is 4.79 Å². The predicted molar refractivity (Wildman–Crippen MR) is 102 cm³/mol. The number of hydrogen-bond acceptors (Lipinski definition) is 4. The van der Waals surface area contributed by atoms with Gasteiger partial charge in [0.25, 0.3) is 5.91 Å². The molecule has 0 aliphatic carbocycles. The van der Waals surface area contributed by atoms with E-state index in [0.717, 1.165) is 42.9 Å². The molecule has 1 saturated heterocycles. The van der Waals surface area contributed by atoms with Crippen LogP contribution in [0.15, 0.2) is 42.5 Å². The Morgan fingerprint density at radius 1 is 1.04 bits per heavy atom. The zero-order valence-corrected chi connectivity index (χ0v) is 14.6. The highest BCUT2D eigenvalue weighted by atomic mass is 16.4. The van der Waals surface area contributed by atoms with Crippen molar-refractivity contribution in [2.45, 2.75) is 25.8 Å². The first-order chi connectivity index (χ1) is 12.5. The lowest BCUT2D eigenvalue weighted by molar-refractivity contribution is 0.0696. The number of carboxylic acids is 1. The Morgan fingerprint density at radius 3 is 2.35 bits per heavy atom. The summed E-state index contributed by atoms with van der Waals surface area (Å²) in [6.07, 6.45) is 3.45. The van der Waals surface area contributed by atoms with Crippen LogP contribution in [0.1, 0.15) is 45.5 Å². The van der Waals surface area contributed by atoms with E-state index in [4.69, 9.17) is 10.8 Å². The van der Waals surface area contributed by atoms with Gasteiger partial charge in [0.1, 0.15) is 0 Å². The number of carbonyl (C=O) groups excluding carboxylic acids is 1. The van der Waals surface area contributed by atoms with E-state index < -0.39 is 11.9 Å². The Balaban J connectivity index is 1.75. The highest BCUT2D eigenvalue weighted by Crippen LogP contribution is 2.27. The van der Waals surface area contributed by atoms with Gasteiger partial charge >= 0.3 is 5.97 Å². The van der Waals surface area contributed by atoms with Crippen molar-refractivity contribution in [2.75, 3.05) is 23.3 Å². The van der Waals surface area contributed by atoms with Crippen LogP contribution < -0.4 is 16.0 Å². The first-order valence-electron chi connectivity index (χ1n) is 8.79. The molecule has 1 amide bonds. The predicted octanol–water partition coefficient (Wildman–Crippen LogP) is 3.09. The summed E-state index contributed by atoms with van der Waals surface area (Å²) in [5, 5.41) is 12.3. The molecule has 6 heteroatoms. The monoisotopic (exact) mass is 353 g/mol. The molecule has 0 saturated carbocycles. The number of benzene rings is 2. The Bertz CT molecular complexity index is 796. The second-order valence-electron chi connectivity index (χ2n) is 6.50. The normalized spacial score (nSPS) is 14.1. The molecule has 136 valence electrons. The van der Waals surface area contributed by atoms with Gasteiger partial charge in [-0.15, -0.1) is 0 Å². The van der Waals surface area contributed by atoms with Gasteiger partial charge in [0.05, 0.1) is 16.8 Å². The van der Waals surface area contributed by atoms with E-state index in [1.54, 1.807) is 30.3 Å². The Labute approximate surface area is 152 Å². The molecule has 2 aromatic carbocycles. The second kappa shape index (κ2) is 7.91. The van der Waals surface area contributed by atoms with Crippen LogP contribution in [0.2, 0.25) is 0 Å². The summed E-state index contributed by atoms with van der Waals surface area (Å²) in [5.74, 6) is -1.35. The molecule has 1 heterocycles. The zero-order chi connectivity index (χ0) is 18.5. The highest BCUT2D eigenvalue weighted by Gasteiger charge is 2.17. The fourth-order valence-corrected chi connectivity index (χ4v) is 3.22. The smallest absolute Gasteiger partial charge is 0.335 e. The number of rotatable bonds is 6. The molecular weight excluding hydrogens is 330 g/mol. The molecule has 26 heavy (non-hydrogen) atoms. The van der Waals surface area contributed by atoms with Crippen molar-refractivity contribution in [2.24, 2.45) is 5.73 Å². The first kappa shape index (κ1) is 17.8. The summed E-state index contributed by atoms with van der Waals surface area (Å²) in [7, 11) is 0. The Kier molecular flexibility index (Phi) is 5.41. The zero-order valence-electron chi connectivity index (χ0n) is 14.6. The van der Waals surface area contributed by atoms with Crippen LogP contribution in [0.5, 0.6) is 0 Å². The summed E-state index contributed by atoms with van der Waals surface area (Å²) < 4.78 is 0. The number of nitrogens with zero attached hydrogens (tertiary/aromatic N) is 1. The van der Waals surface area contributed by atoms with Gasteiger partial charge in [-0.25, -0.2) is 4.79 Å². The van der Waals surface area contributed by atoms with Gasteiger partial charge in [0.2, 0.25) is 0 Å². The molecule has 0 unspecified atom stereocenters. The van der Waals surface area contributed by atoms with Crippen LogP contribution in [0, 0.1) is 0 Å². The molecule has 2 aromatic rings. The minimum atomic E-state index is -0.933. The van der Waals surface area contributed by atoms with Crippen molar-refractivity contribution < 1.29 is 14.7 Å². The third-order valence-electron chi connectivity index (χ3n) is 4.66. The average molecular weight is 353 g/mol. The average Bonchev–Trinajstić information content (AvgIpc) is 2.67. The van der Waals surface area contributed by atoms with Crippen LogP contribution in [0.4, 0.5) is 11.4 Å². The van der Waals surface area contributed by atoms with Crippen molar-refractivity contribution in [1.29, 1.82) is 0 Å². The topological polar surface area (TPSA) is 95.7 Å². The number of amides is 1. The molecule has 0 bridgehead atoms. The molecule has 3 rings (SSSR count). The number of carboxylic acid groups (broad SMARTS) is 1. The molecule has 0 atom stereocenters. The molecule has 0 aromatic heterocycles. The summed E-state index contributed by atoms with van der Waals surface area (Å²) >= 11 is 0. The van der Waals surface area contributed by atoms with Crippen LogP contribution in [-0.2, 0) is 6.54 Å². The van der Waals surface area contributed by atoms with Gasteiger partial charge in [0.15, 0.2) is 0 Å². The van der Waals surface area contributed by atoms with Gasteiger partial charge in [-0.2, -0.15) is 0 Å². The van der Waals surface area contributed by atoms with Crippen molar-refractivity contribution in [3.63, 3.8) is 0 Å². The largest absolute Gasteiger partial charge is 0.478 e. The lowest BCUT2D eigenvalue weighted by Gasteiger charge is -2.30. The standard InChI is InChI=1S/C20H23N3O3/c21-19(24)17-9-8-16(12-18(17)23-10-2-1-3-11-23)22-13-14-4-6-15(7-5-14)20(25)26/h4-9,12,22H,1-3,10-11,13H2,(H2,21,24)(H,25,26). The number of carbonyl (C=O) groups is 2. The van der Waals surface area contributed by atoms with Gasteiger partial charge in [0, 0.05) is 25.3 Å². The molecular formula is C20H23N3O3. The maximum Gasteiger partial charge on any atom is 0.335 e. The molecule has 6 nitrogen and oxygen atoms in total. The number of primary amides is 1. The second-order valence-corrected chi connectivity index (χ2v) is 6.50. The Morgan fingerprint density at radius 2 is 1.73 bits per heavy atom. The summed E-state index contributed by atoms with van der Waals surface area (Å²) in [5.41, 5.74) is 9.12. The molecule has 1 aliphatic heterocycles. The van der Waals surface area contributed by atoms with Crippen LogP contribution in [-0.4, -0.2) is 30.1 Å². The maximum atomic E-state index is 11.8. The minimum Gasteiger partial charge on any atom is -0.478 e. The third kappa shape index (κ3) is 4.14. The highest BCUT2D eigenvalue weighted by molar-refractivity contribution is 5.99. The van der Waals surface area contributed by atoms with Crippen molar-refractivity contribution >= 4 is 23.3 Å². The lowest BCUT2D eigenvalue weighted by Crippen LogP contribution is -2.31. The van der Waals surface area contributed by atoms with E-state index in [9.17, 15) is 9.59 Å². The van der Waals surface area contributed by atoms with Crippen LogP contribution in [0.3, 0.4) is 0 Å². The van der Waals surface area contributed by atoms with E-state index in [-0.39, 0.29) is 5.56 Å². The minimum absolute atomic E-state index is 0.270. The Hall–Kier alpha value is -3.02. The molecule has 4 N–H and O–H groups in total. The molecule has 1 fully saturated rings. The molecule has 0 radical (unpaired) electrons. The van der Waals surface area contributed by atoms with Crippen molar-refractivity contribution in [3.8, 4) is 0 Å². The lowest BCUT2D eigenvalue weighted by atomic mass is 10.1. The number of hydrogen-bond donors (Lipinski definition) is 3. The van der Waals surface area contributed by atoms with E-state index in [1.165, 1.54) is 6.42 Å². The van der Waals surface area contributed by atoms with Crippen LogP contribution >= 0.6 is 0 Å². The SMILES string of the molecule is NC(=O)c1ccc(NCc2ccc(C(=O)O)cc2)cc1N1CCCCC1.